The third-order valence-corrected chi connectivity index (χ3v) is 4.60. The van der Waals surface area contributed by atoms with Crippen LogP contribution >= 0.6 is 35.8 Å². The van der Waals surface area contributed by atoms with E-state index in [0.717, 1.165) is 4.90 Å². The molecular formula is C14H20Cl2N2OS. The highest BCUT2D eigenvalue weighted by Gasteiger charge is 2.28. The first-order valence-corrected chi connectivity index (χ1v) is 7.77. The van der Waals surface area contributed by atoms with Gasteiger partial charge in [-0.05, 0) is 49.9 Å². The van der Waals surface area contributed by atoms with Crippen LogP contribution in [0.25, 0.3) is 0 Å². The molecule has 0 spiro atoms. The monoisotopic (exact) mass is 334 g/mol. The molecule has 6 heteroatoms. The van der Waals surface area contributed by atoms with Gasteiger partial charge in [-0.1, -0.05) is 11.6 Å². The number of halogens is 2. The standard InChI is InChI=1S/C14H19ClN2OS.ClH/c1-9(19-12-6-4-11(15)5-7-12)14(18)17-8-13(16)10-2-3-10;/h4-7,9-10,13H,2-3,8,16H2,1H3,(H,17,18);1H. The van der Waals surface area contributed by atoms with Crippen LogP contribution in [0.5, 0.6) is 0 Å². The molecule has 2 rings (SSSR count). The molecule has 0 aromatic heterocycles. The molecule has 1 amide bonds. The average molecular weight is 335 g/mol. The Morgan fingerprint density at radius 1 is 1.45 bits per heavy atom. The van der Waals surface area contributed by atoms with Gasteiger partial charge in [0.15, 0.2) is 0 Å². The molecule has 0 bridgehead atoms. The van der Waals surface area contributed by atoms with Crippen LogP contribution in [0.3, 0.4) is 0 Å². The van der Waals surface area contributed by atoms with Crippen LogP contribution < -0.4 is 11.1 Å². The summed E-state index contributed by atoms with van der Waals surface area (Å²) in [5.41, 5.74) is 5.96. The molecular weight excluding hydrogens is 315 g/mol. The summed E-state index contributed by atoms with van der Waals surface area (Å²) in [6, 6.07) is 7.62. The Balaban J connectivity index is 0.00000200. The molecule has 1 saturated carbocycles. The minimum Gasteiger partial charge on any atom is -0.354 e. The van der Waals surface area contributed by atoms with E-state index in [1.165, 1.54) is 24.6 Å². The Bertz CT molecular complexity index is 437. The van der Waals surface area contributed by atoms with Crippen molar-refractivity contribution in [2.45, 2.75) is 36.0 Å². The first-order chi connectivity index (χ1) is 9.06. The normalized spacial score (nSPS) is 16.9. The molecule has 0 radical (unpaired) electrons. The topological polar surface area (TPSA) is 55.1 Å². The summed E-state index contributed by atoms with van der Waals surface area (Å²) in [4.78, 5) is 13.0. The van der Waals surface area contributed by atoms with E-state index in [4.69, 9.17) is 17.3 Å². The lowest BCUT2D eigenvalue weighted by molar-refractivity contribution is -0.120. The van der Waals surface area contributed by atoms with Crippen LogP contribution in [0, 0.1) is 5.92 Å². The van der Waals surface area contributed by atoms with Gasteiger partial charge in [-0.15, -0.1) is 24.2 Å². The maximum absolute atomic E-state index is 11.9. The van der Waals surface area contributed by atoms with Crippen molar-refractivity contribution < 1.29 is 4.79 Å². The summed E-state index contributed by atoms with van der Waals surface area (Å²) < 4.78 is 0. The van der Waals surface area contributed by atoms with Crippen molar-refractivity contribution in [3.63, 3.8) is 0 Å². The quantitative estimate of drug-likeness (QED) is 0.786. The number of benzene rings is 1. The molecule has 0 aliphatic heterocycles. The van der Waals surface area contributed by atoms with Gasteiger partial charge in [0.05, 0.1) is 5.25 Å². The number of hydrogen-bond donors (Lipinski definition) is 2. The summed E-state index contributed by atoms with van der Waals surface area (Å²) in [6.07, 6.45) is 2.40. The summed E-state index contributed by atoms with van der Waals surface area (Å²) in [5.74, 6) is 0.649. The fourth-order valence-electron chi connectivity index (χ4n) is 1.82. The first kappa shape index (κ1) is 17.6. The molecule has 2 unspecified atom stereocenters. The number of carbonyl (C=O) groups excluding carboxylic acids is 1. The van der Waals surface area contributed by atoms with Gasteiger partial charge < -0.3 is 11.1 Å². The summed E-state index contributed by atoms with van der Waals surface area (Å²) in [5, 5.41) is 3.50. The van der Waals surface area contributed by atoms with Crippen LogP contribution in [0.4, 0.5) is 0 Å². The number of amides is 1. The second kappa shape index (κ2) is 8.13. The minimum absolute atomic E-state index is 0. The van der Waals surface area contributed by atoms with E-state index in [-0.39, 0.29) is 29.6 Å². The van der Waals surface area contributed by atoms with Crippen molar-refractivity contribution in [3.8, 4) is 0 Å². The predicted molar refractivity (Wildman–Crippen MR) is 87.7 cm³/mol. The van der Waals surface area contributed by atoms with Crippen LogP contribution in [-0.4, -0.2) is 23.7 Å². The van der Waals surface area contributed by atoms with Gasteiger partial charge in [0.25, 0.3) is 0 Å². The fourth-order valence-corrected chi connectivity index (χ4v) is 2.84. The van der Waals surface area contributed by atoms with Gasteiger partial charge in [0.1, 0.15) is 0 Å². The Hall–Kier alpha value is -0.420. The maximum Gasteiger partial charge on any atom is 0.233 e. The summed E-state index contributed by atoms with van der Waals surface area (Å²) in [7, 11) is 0. The van der Waals surface area contributed by atoms with Crippen molar-refractivity contribution in [1.29, 1.82) is 0 Å². The average Bonchev–Trinajstić information content (AvgIpc) is 3.22. The molecule has 20 heavy (non-hydrogen) atoms. The van der Waals surface area contributed by atoms with Crippen LogP contribution in [0.15, 0.2) is 29.2 Å². The molecule has 0 saturated heterocycles. The van der Waals surface area contributed by atoms with Gasteiger partial charge in [0.2, 0.25) is 5.91 Å². The van der Waals surface area contributed by atoms with Crippen LogP contribution in [0.1, 0.15) is 19.8 Å². The smallest absolute Gasteiger partial charge is 0.233 e. The highest BCUT2D eigenvalue weighted by Crippen LogP contribution is 2.31. The number of nitrogens with one attached hydrogen (secondary N) is 1. The molecule has 1 aliphatic carbocycles. The highest BCUT2D eigenvalue weighted by molar-refractivity contribution is 8.00. The van der Waals surface area contributed by atoms with Crippen molar-refractivity contribution >= 4 is 41.7 Å². The molecule has 0 heterocycles. The van der Waals surface area contributed by atoms with Crippen molar-refractivity contribution in [2.75, 3.05) is 6.54 Å². The second-order valence-electron chi connectivity index (χ2n) is 4.96. The van der Waals surface area contributed by atoms with Crippen molar-refractivity contribution in [2.24, 2.45) is 11.7 Å². The number of carbonyl (C=O) groups is 1. The number of nitrogens with two attached hydrogens (primary N) is 1. The third-order valence-electron chi connectivity index (χ3n) is 3.24. The summed E-state index contributed by atoms with van der Waals surface area (Å²) in [6.45, 7) is 2.48. The molecule has 2 atom stereocenters. The van der Waals surface area contributed by atoms with Crippen LogP contribution in [0.2, 0.25) is 5.02 Å². The van der Waals surface area contributed by atoms with Gasteiger partial charge in [0, 0.05) is 22.5 Å². The van der Waals surface area contributed by atoms with Crippen molar-refractivity contribution in [3.05, 3.63) is 29.3 Å². The van der Waals surface area contributed by atoms with E-state index >= 15 is 0 Å². The Morgan fingerprint density at radius 2 is 2.05 bits per heavy atom. The predicted octanol–water partition coefficient (Wildman–Crippen LogP) is 3.10. The zero-order chi connectivity index (χ0) is 13.8. The van der Waals surface area contributed by atoms with Gasteiger partial charge in [-0.2, -0.15) is 0 Å². The molecule has 1 aromatic carbocycles. The lowest BCUT2D eigenvalue weighted by Gasteiger charge is -2.15. The number of rotatable bonds is 6. The zero-order valence-electron chi connectivity index (χ0n) is 11.3. The fraction of sp³-hybridized carbons (Fsp3) is 0.500. The summed E-state index contributed by atoms with van der Waals surface area (Å²) >= 11 is 7.35. The SMILES string of the molecule is CC(Sc1ccc(Cl)cc1)C(=O)NCC(N)C1CC1.Cl. The largest absolute Gasteiger partial charge is 0.354 e. The third kappa shape index (κ3) is 5.52. The lowest BCUT2D eigenvalue weighted by atomic mass is 10.2. The molecule has 3 nitrogen and oxygen atoms in total. The highest BCUT2D eigenvalue weighted by atomic mass is 35.5. The van der Waals surface area contributed by atoms with Crippen LogP contribution in [-0.2, 0) is 4.79 Å². The Labute approximate surface area is 135 Å². The van der Waals surface area contributed by atoms with E-state index < -0.39 is 0 Å². The first-order valence-electron chi connectivity index (χ1n) is 6.52. The second-order valence-corrected chi connectivity index (χ2v) is 6.81. The van der Waals surface area contributed by atoms with E-state index in [1.807, 2.05) is 31.2 Å². The molecule has 3 N–H and O–H groups in total. The van der Waals surface area contributed by atoms with E-state index in [9.17, 15) is 4.79 Å². The van der Waals surface area contributed by atoms with Gasteiger partial charge in [-0.3, -0.25) is 4.79 Å². The van der Waals surface area contributed by atoms with E-state index in [1.54, 1.807) is 0 Å². The number of thioether (sulfide) groups is 1. The zero-order valence-corrected chi connectivity index (χ0v) is 13.7. The Kier molecular flexibility index (Phi) is 7.17. The van der Waals surface area contributed by atoms with Gasteiger partial charge in [-0.25, -0.2) is 0 Å². The molecule has 1 fully saturated rings. The van der Waals surface area contributed by atoms with E-state index in [0.29, 0.717) is 17.5 Å². The molecule has 1 aliphatic rings. The lowest BCUT2D eigenvalue weighted by Crippen LogP contribution is -2.41. The number of hydrogen-bond acceptors (Lipinski definition) is 3. The van der Waals surface area contributed by atoms with Gasteiger partial charge >= 0.3 is 0 Å². The molecule has 112 valence electrons. The van der Waals surface area contributed by atoms with Crippen molar-refractivity contribution in [1.82, 2.24) is 5.32 Å². The maximum atomic E-state index is 11.9. The minimum atomic E-state index is -0.132. The Morgan fingerprint density at radius 3 is 2.60 bits per heavy atom. The molecule has 1 aromatic rings. The van der Waals surface area contributed by atoms with E-state index in [2.05, 4.69) is 5.32 Å².